The topological polar surface area (TPSA) is 21.3 Å². The van der Waals surface area contributed by atoms with E-state index in [-0.39, 0.29) is 6.10 Å². The van der Waals surface area contributed by atoms with Crippen LogP contribution in [0.2, 0.25) is 5.02 Å². The molecule has 0 saturated carbocycles. The van der Waals surface area contributed by atoms with E-state index in [0.29, 0.717) is 5.02 Å². The summed E-state index contributed by atoms with van der Waals surface area (Å²) in [5.41, 5.74) is 1.21. The molecule has 0 aliphatic heterocycles. The number of benzene rings is 1. The molecular formula is C17H28ClNO. The Labute approximate surface area is 128 Å². The average Bonchev–Trinajstić information content (AvgIpc) is 2.40. The highest BCUT2D eigenvalue weighted by Gasteiger charge is 2.04. The van der Waals surface area contributed by atoms with Crippen molar-refractivity contribution in [3.8, 4) is 5.75 Å². The van der Waals surface area contributed by atoms with E-state index in [4.69, 9.17) is 16.3 Å². The van der Waals surface area contributed by atoms with E-state index < -0.39 is 0 Å². The van der Waals surface area contributed by atoms with Crippen LogP contribution in [0.25, 0.3) is 0 Å². The first-order valence-electron chi connectivity index (χ1n) is 7.79. The van der Waals surface area contributed by atoms with Crippen LogP contribution in [0.1, 0.15) is 58.4 Å². The second-order valence-corrected chi connectivity index (χ2v) is 5.93. The number of ether oxygens (including phenoxy) is 1. The summed E-state index contributed by atoms with van der Waals surface area (Å²) in [6, 6.07) is 6.03. The van der Waals surface area contributed by atoms with Crippen LogP contribution >= 0.6 is 11.6 Å². The molecule has 1 rings (SSSR count). The van der Waals surface area contributed by atoms with E-state index in [0.717, 1.165) is 18.8 Å². The maximum absolute atomic E-state index is 6.22. The lowest BCUT2D eigenvalue weighted by Gasteiger charge is -2.12. The largest absolute Gasteiger partial charge is 0.489 e. The summed E-state index contributed by atoms with van der Waals surface area (Å²) >= 11 is 6.22. The first-order valence-corrected chi connectivity index (χ1v) is 8.17. The van der Waals surface area contributed by atoms with Gasteiger partial charge < -0.3 is 10.1 Å². The fourth-order valence-corrected chi connectivity index (χ4v) is 2.34. The Kier molecular flexibility index (Phi) is 8.72. The van der Waals surface area contributed by atoms with Gasteiger partial charge in [-0.15, -0.1) is 0 Å². The van der Waals surface area contributed by atoms with Gasteiger partial charge in [0.05, 0.1) is 11.1 Å². The number of hydrogen-bond acceptors (Lipinski definition) is 2. The van der Waals surface area contributed by atoms with Gasteiger partial charge in [0.25, 0.3) is 0 Å². The number of hydrogen-bond donors (Lipinski definition) is 1. The van der Waals surface area contributed by atoms with Gasteiger partial charge in [-0.3, -0.25) is 0 Å². The Hall–Kier alpha value is -0.730. The van der Waals surface area contributed by atoms with Crippen LogP contribution in [-0.2, 0) is 6.54 Å². The summed E-state index contributed by atoms with van der Waals surface area (Å²) in [4.78, 5) is 0. The molecular weight excluding hydrogens is 270 g/mol. The van der Waals surface area contributed by atoms with Gasteiger partial charge in [0.1, 0.15) is 5.75 Å². The number of halogens is 1. The van der Waals surface area contributed by atoms with Crippen LogP contribution in [-0.4, -0.2) is 12.6 Å². The normalized spacial score (nSPS) is 11.1. The fraction of sp³-hybridized carbons (Fsp3) is 0.647. The minimum atomic E-state index is 0.152. The van der Waals surface area contributed by atoms with Crippen LogP contribution in [0.15, 0.2) is 18.2 Å². The molecule has 1 aromatic rings. The fourth-order valence-electron chi connectivity index (χ4n) is 2.09. The van der Waals surface area contributed by atoms with Crippen molar-refractivity contribution in [2.75, 3.05) is 6.54 Å². The molecule has 0 bridgehead atoms. The van der Waals surface area contributed by atoms with Crippen molar-refractivity contribution in [2.24, 2.45) is 0 Å². The quantitative estimate of drug-likeness (QED) is 0.600. The van der Waals surface area contributed by atoms with E-state index >= 15 is 0 Å². The van der Waals surface area contributed by atoms with E-state index in [1.807, 2.05) is 26.0 Å². The molecule has 0 fully saturated rings. The molecule has 0 spiro atoms. The molecule has 20 heavy (non-hydrogen) atoms. The molecule has 0 unspecified atom stereocenters. The van der Waals surface area contributed by atoms with E-state index in [2.05, 4.69) is 18.3 Å². The third kappa shape index (κ3) is 7.16. The van der Waals surface area contributed by atoms with Crippen LogP contribution in [0.5, 0.6) is 5.75 Å². The number of nitrogens with one attached hydrogen (secondary N) is 1. The highest BCUT2D eigenvalue weighted by atomic mass is 35.5. The van der Waals surface area contributed by atoms with Crippen molar-refractivity contribution >= 4 is 11.6 Å². The summed E-state index contributed by atoms with van der Waals surface area (Å²) in [5.74, 6) is 0.769. The van der Waals surface area contributed by atoms with E-state index in [9.17, 15) is 0 Å². The predicted molar refractivity (Wildman–Crippen MR) is 87.7 cm³/mol. The summed E-state index contributed by atoms with van der Waals surface area (Å²) in [5, 5.41) is 4.16. The molecule has 0 aliphatic carbocycles. The van der Waals surface area contributed by atoms with Crippen LogP contribution in [0.3, 0.4) is 0 Å². The van der Waals surface area contributed by atoms with E-state index in [1.54, 1.807) is 0 Å². The van der Waals surface area contributed by atoms with Gasteiger partial charge in [0.2, 0.25) is 0 Å². The van der Waals surface area contributed by atoms with Gasteiger partial charge >= 0.3 is 0 Å². The second kappa shape index (κ2) is 10.1. The SMILES string of the molecule is CCCCCCCNCc1ccc(OC(C)C)c(Cl)c1. The van der Waals surface area contributed by atoms with Gasteiger partial charge in [-0.25, -0.2) is 0 Å². The Morgan fingerprint density at radius 1 is 1.15 bits per heavy atom. The minimum Gasteiger partial charge on any atom is -0.489 e. The molecule has 0 aromatic heterocycles. The van der Waals surface area contributed by atoms with Crippen molar-refractivity contribution in [3.63, 3.8) is 0 Å². The standard InChI is InChI=1S/C17H28ClNO/c1-4-5-6-7-8-11-19-13-15-9-10-17(16(18)12-15)20-14(2)3/h9-10,12,14,19H,4-8,11,13H2,1-3H3. The van der Waals surface area contributed by atoms with Crippen molar-refractivity contribution in [1.82, 2.24) is 5.32 Å². The first-order chi connectivity index (χ1) is 9.63. The molecule has 0 atom stereocenters. The summed E-state index contributed by atoms with van der Waals surface area (Å²) in [6.07, 6.45) is 6.74. The second-order valence-electron chi connectivity index (χ2n) is 5.52. The summed E-state index contributed by atoms with van der Waals surface area (Å²) in [7, 11) is 0. The summed E-state index contributed by atoms with van der Waals surface area (Å²) in [6.45, 7) is 8.20. The maximum Gasteiger partial charge on any atom is 0.138 e. The van der Waals surface area contributed by atoms with Gasteiger partial charge in [-0.05, 0) is 44.5 Å². The molecule has 0 heterocycles. The van der Waals surface area contributed by atoms with Gasteiger partial charge in [-0.1, -0.05) is 50.3 Å². The van der Waals surface area contributed by atoms with E-state index in [1.165, 1.54) is 37.7 Å². The van der Waals surface area contributed by atoms with Gasteiger partial charge in [0, 0.05) is 6.54 Å². The molecule has 0 saturated heterocycles. The van der Waals surface area contributed by atoms with Crippen molar-refractivity contribution in [3.05, 3.63) is 28.8 Å². The van der Waals surface area contributed by atoms with Crippen molar-refractivity contribution in [2.45, 2.75) is 65.5 Å². The molecule has 2 nitrogen and oxygen atoms in total. The lowest BCUT2D eigenvalue weighted by Crippen LogP contribution is -2.14. The molecule has 1 aromatic carbocycles. The zero-order chi connectivity index (χ0) is 14.8. The molecule has 114 valence electrons. The lowest BCUT2D eigenvalue weighted by molar-refractivity contribution is 0.242. The van der Waals surface area contributed by atoms with Crippen LogP contribution in [0, 0.1) is 0 Å². The zero-order valence-electron chi connectivity index (χ0n) is 13.0. The zero-order valence-corrected chi connectivity index (χ0v) is 13.8. The highest BCUT2D eigenvalue weighted by Crippen LogP contribution is 2.26. The van der Waals surface area contributed by atoms with Gasteiger partial charge in [0.15, 0.2) is 0 Å². The monoisotopic (exact) mass is 297 g/mol. The molecule has 3 heteroatoms. The lowest BCUT2D eigenvalue weighted by atomic mass is 10.1. The number of rotatable bonds is 10. The Balaban J connectivity index is 2.25. The minimum absolute atomic E-state index is 0.152. The Morgan fingerprint density at radius 2 is 1.90 bits per heavy atom. The van der Waals surface area contributed by atoms with Crippen molar-refractivity contribution in [1.29, 1.82) is 0 Å². The van der Waals surface area contributed by atoms with Crippen LogP contribution in [0.4, 0.5) is 0 Å². The smallest absolute Gasteiger partial charge is 0.138 e. The molecule has 1 N–H and O–H groups in total. The third-order valence-corrected chi connectivity index (χ3v) is 3.44. The Morgan fingerprint density at radius 3 is 2.55 bits per heavy atom. The van der Waals surface area contributed by atoms with Gasteiger partial charge in [-0.2, -0.15) is 0 Å². The average molecular weight is 298 g/mol. The maximum atomic E-state index is 6.22. The Bertz CT molecular complexity index is 379. The van der Waals surface area contributed by atoms with Crippen molar-refractivity contribution < 1.29 is 4.74 Å². The molecule has 0 aliphatic rings. The third-order valence-electron chi connectivity index (χ3n) is 3.15. The molecule has 0 radical (unpaired) electrons. The number of unbranched alkanes of at least 4 members (excludes halogenated alkanes) is 4. The van der Waals surface area contributed by atoms with Crippen LogP contribution < -0.4 is 10.1 Å². The predicted octanol–water partition coefficient (Wildman–Crippen LogP) is 5.19. The first kappa shape index (κ1) is 17.3. The summed E-state index contributed by atoms with van der Waals surface area (Å²) < 4.78 is 5.63. The molecule has 0 amide bonds. The highest BCUT2D eigenvalue weighted by molar-refractivity contribution is 6.32.